The predicted octanol–water partition coefficient (Wildman–Crippen LogP) is 18.0. The monoisotopic (exact) mass is 905 g/mol. The molecule has 0 aliphatic rings. The van der Waals surface area contributed by atoms with E-state index >= 15 is 0 Å². The number of rotatable bonds is 48. The molecule has 0 heterocycles. The van der Waals surface area contributed by atoms with E-state index in [1.54, 1.807) is 0 Å². The number of carbonyl (C=O) groups excluding carboxylic acids is 3. The first-order valence-corrected chi connectivity index (χ1v) is 27.1. The van der Waals surface area contributed by atoms with E-state index < -0.39 is 6.10 Å². The van der Waals surface area contributed by atoms with Gasteiger partial charge in [0.2, 0.25) is 0 Å². The number of esters is 3. The number of hydrogen-bond donors (Lipinski definition) is 0. The Hall–Kier alpha value is -3.41. The lowest BCUT2D eigenvalue weighted by Gasteiger charge is -2.18. The van der Waals surface area contributed by atoms with Gasteiger partial charge in [0.1, 0.15) is 13.2 Å². The second kappa shape index (κ2) is 53.2. The van der Waals surface area contributed by atoms with Crippen molar-refractivity contribution in [2.24, 2.45) is 0 Å². The zero-order valence-corrected chi connectivity index (χ0v) is 42.5. The summed E-state index contributed by atoms with van der Waals surface area (Å²) in [5.74, 6) is -0.995. The molecule has 0 saturated heterocycles. The Morgan fingerprint density at radius 2 is 0.585 bits per heavy atom. The van der Waals surface area contributed by atoms with E-state index in [-0.39, 0.29) is 37.5 Å². The van der Waals surface area contributed by atoms with Crippen LogP contribution < -0.4 is 0 Å². The summed E-state index contributed by atoms with van der Waals surface area (Å²) in [6.07, 6.45) is 68.6. The second-order valence-corrected chi connectivity index (χ2v) is 17.8. The standard InChI is InChI=1S/C59H100O6/c1-4-7-10-13-16-19-22-24-26-28-29-31-32-34-37-40-43-46-49-52-58(61)64-55-56(54-63-57(60)51-48-45-42-39-36-21-18-15-12-9-6-3)65-59(62)53-50-47-44-41-38-35-33-30-27-25-23-20-17-14-11-8-5-2/h16-17,19-20,24-27,29,31,34,37,43,46,56H,4-15,18,21-23,28,30,32-33,35-36,38-42,44-45,47-55H2,1-3H3/b19-16-,20-17-,26-24-,27-25-,31-29-,37-34-,46-43-/t56-/m0/s1. The molecule has 0 aromatic rings. The van der Waals surface area contributed by atoms with Gasteiger partial charge in [0.05, 0.1) is 0 Å². The maximum atomic E-state index is 12.8. The maximum absolute atomic E-state index is 12.8. The third kappa shape index (κ3) is 51.4. The van der Waals surface area contributed by atoms with Crippen LogP contribution in [0.4, 0.5) is 0 Å². The average Bonchev–Trinajstić information content (AvgIpc) is 3.30. The van der Waals surface area contributed by atoms with Crippen molar-refractivity contribution in [3.8, 4) is 0 Å². The van der Waals surface area contributed by atoms with E-state index in [9.17, 15) is 14.4 Å². The van der Waals surface area contributed by atoms with E-state index in [0.717, 1.165) is 77.0 Å². The number of hydrogen-bond acceptors (Lipinski definition) is 6. The van der Waals surface area contributed by atoms with E-state index in [1.807, 2.05) is 6.08 Å². The van der Waals surface area contributed by atoms with E-state index in [2.05, 4.69) is 99.8 Å². The Labute approximate surface area is 401 Å². The molecular formula is C59H100O6. The Balaban J connectivity index is 4.48. The number of carbonyl (C=O) groups is 3. The molecular weight excluding hydrogens is 805 g/mol. The summed E-state index contributed by atoms with van der Waals surface area (Å²) in [6, 6.07) is 0. The molecule has 0 aromatic carbocycles. The number of unbranched alkanes of at least 4 members (excludes halogenated alkanes) is 23. The van der Waals surface area contributed by atoms with E-state index in [0.29, 0.717) is 19.3 Å². The van der Waals surface area contributed by atoms with Gasteiger partial charge in [-0.3, -0.25) is 14.4 Å². The summed E-state index contributed by atoms with van der Waals surface area (Å²) in [4.78, 5) is 38.0. The molecule has 0 aliphatic carbocycles. The minimum atomic E-state index is -0.809. The molecule has 0 saturated carbocycles. The Kier molecular flexibility index (Phi) is 50.4. The van der Waals surface area contributed by atoms with Gasteiger partial charge in [-0.25, -0.2) is 0 Å². The minimum absolute atomic E-state index is 0.101. The molecule has 6 nitrogen and oxygen atoms in total. The van der Waals surface area contributed by atoms with Crippen LogP contribution in [0, 0.1) is 0 Å². The van der Waals surface area contributed by atoms with Crippen molar-refractivity contribution in [1.82, 2.24) is 0 Å². The number of ether oxygens (including phenoxy) is 3. The van der Waals surface area contributed by atoms with Gasteiger partial charge in [0, 0.05) is 19.3 Å². The fourth-order valence-electron chi connectivity index (χ4n) is 7.28. The highest BCUT2D eigenvalue weighted by Gasteiger charge is 2.19. The Morgan fingerprint density at radius 1 is 0.308 bits per heavy atom. The van der Waals surface area contributed by atoms with Gasteiger partial charge in [-0.2, -0.15) is 0 Å². The smallest absolute Gasteiger partial charge is 0.306 e. The topological polar surface area (TPSA) is 78.9 Å². The van der Waals surface area contributed by atoms with Crippen LogP contribution in [0.5, 0.6) is 0 Å². The van der Waals surface area contributed by atoms with Gasteiger partial charge in [0.15, 0.2) is 6.10 Å². The van der Waals surface area contributed by atoms with E-state index in [1.165, 1.54) is 128 Å². The predicted molar refractivity (Wildman–Crippen MR) is 279 cm³/mol. The molecule has 0 radical (unpaired) electrons. The first-order valence-electron chi connectivity index (χ1n) is 27.1. The molecule has 6 heteroatoms. The fourth-order valence-corrected chi connectivity index (χ4v) is 7.28. The van der Waals surface area contributed by atoms with Crippen LogP contribution in [0.25, 0.3) is 0 Å². The molecule has 0 aliphatic heterocycles. The van der Waals surface area contributed by atoms with Crippen LogP contribution in [0.1, 0.15) is 252 Å². The fraction of sp³-hybridized carbons (Fsp3) is 0.712. The van der Waals surface area contributed by atoms with Crippen LogP contribution in [-0.2, 0) is 28.6 Å². The summed E-state index contributed by atoms with van der Waals surface area (Å²) in [7, 11) is 0. The molecule has 0 rings (SSSR count). The highest BCUT2D eigenvalue weighted by atomic mass is 16.6. The van der Waals surface area contributed by atoms with Crippen LogP contribution in [0.15, 0.2) is 85.1 Å². The molecule has 372 valence electrons. The Morgan fingerprint density at radius 3 is 0.985 bits per heavy atom. The van der Waals surface area contributed by atoms with E-state index in [4.69, 9.17) is 14.2 Å². The average molecular weight is 905 g/mol. The highest BCUT2D eigenvalue weighted by Crippen LogP contribution is 2.14. The molecule has 1 atom stereocenters. The summed E-state index contributed by atoms with van der Waals surface area (Å²) in [6.45, 7) is 6.51. The highest BCUT2D eigenvalue weighted by molar-refractivity contribution is 5.71. The molecule has 0 unspecified atom stereocenters. The van der Waals surface area contributed by atoms with Crippen molar-refractivity contribution >= 4 is 17.9 Å². The quantitative estimate of drug-likeness (QED) is 0.0262. The van der Waals surface area contributed by atoms with Crippen molar-refractivity contribution in [2.45, 2.75) is 258 Å². The first kappa shape index (κ1) is 61.6. The number of allylic oxidation sites excluding steroid dienone is 14. The van der Waals surface area contributed by atoms with Gasteiger partial charge in [-0.1, -0.05) is 228 Å². The van der Waals surface area contributed by atoms with Crippen molar-refractivity contribution in [3.63, 3.8) is 0 Å². The summed E-state index contributed by atoms with van der Waals surface area (Å²) >= 11 is 0. The summed E-state index contributed by atoms with van der Waals surface area (Å²) < 4.78 is 16.7. The lowest BCUT2D eigenvalue weighted by atomic mass is 10.1. The normalized spacial score (nSPS) is 12.7. The molecule has 65 heavy (non-hydrogen) atoms. The van der Waals surface area contributed by atoms with Crippen LogP contribution >= 0.6 is 0 Å². The van der Waals surface area contributed by atoms with Gasteiger partial charge >= 0.3 is 17.9 Å². The summed E-state index contributed by atoms with van der Waals surface area (Å²) in [5, 5.41) is 0. The third-order valence-corrected chi connectivity index (χ3v) is 11.4. The molecule has 0 bridgehead atoms. The lowest BCUT2D eigenvalue weighted by Crippen LogP contribution is -2.30. The maximum Gasteiger partial charge on any atom is 0.306 e. The van der Waals surface area contributed by atoms with Crippen molar-refractivity contribution in [2.75, 3.05) is 13.2 Å². The largest absolute Gasteiger partial charge is 0.462 e. The zero-order valence-electron chi connectivity index (χ0n) is 42.5. The van der Waals surface area contributed by atoms with Crippen LogP contribution in [-0.4, -0.2) is 37.2 Å². The third-order valence-electron chi connectivity index (χ3n) is 11.4. The van der Waals surface area contributed by atoms with Crippen LogP contribution in [0.3, 0.4) is 0 Å². The molecule has 0 aromatic heterocycles. The zero-order chi connectivity index (χ0) is 47.2. The van der Waals surface area contributed by atoms with Crippen molar-refractivity contribution < 1.29 is 28.6 Å². The van der Waals surface area contributed by atoms with Crippen LogP contribution in [0.2, 0.25) is 0 Å². The lowest BCUT2D eigenvalue weighted by molar-refractivity contribution is -0.166. The minimum Gasteiger partial charge on any atom is -0.462 e. The molecule has 0 spiro atoms. The van der Waals surface area contributed by atoms with Gasteiger partial charge in [-0.05, 0) is 89.9 Å². The van der Waals surface area contributed by atoms with Gasteiger partial charge in [-0.15, -0.1) is 0 Å². The van der Waals surface area contributed by atoms with Crippen molar-refractivity contribution in [1.29, 1.82) is 0 Å². The van der Waals surface area contributed by atoms with Gasteiger partial charge in [0.25, 0.3) is 0 Å². The summed E-state index contributed by atoms with van der Waals surface area (Å²) in [5.41, 5.74) is 0. The molecule has 0 amide bonds. The molecule has 0 fully saturated rings. The Bertz CT molecular complexity index is 1270. The SMILES string of the molecule is CCCCC/C=C\C/C=C\C/C=C\C/C=C\C/C=C\CCC(=O)OC[C@H](COC(=O)CCCCCCCCCCCCC)OC(=O)CCCCCCCCC/C=C\C/C=C\CCCCC. The van der Waals surface area contributed by atoms with Crippen molar-refractivity contribution in [3.05, 3.63) is 85.1 Å². The van der Waals surface area contributed by atoms with Gasteiger partial charge < -0.3 is 14.2 Å². The first-order chi connectivity index (χ1) is 32.0. The molecule has 0 N–H and O–H groups in total. The second-order valence-electron chi connectivity index (χ2n) is 17.8.